The van der Waals surface area contributed by atoms with E-state index in [1.165, 1.54) is 12.3 Å². The first-order valence-corrected chi connectivity index (χ1v) is 3.93. The number of carbonyl (C=O) groups is 1. The highest BCUT2D eigenvalue weighted by Crippen LogP contribution is 2.11. The molecule has 6 heteroatoms. The van der Waals surface area contributed by atoms with Gasteiger partial charge in [-0.3, -0.25) is 4.79 Å². The monoisotopic (exact) mass is 185 g/mol. The van der Waals surface area contributed by atoms with E-state index >= 15 is 0 Å². The summed E-state index contributed by atoms with van der Waals surface area (Å²) in [5.41, 5.74) is 0.665. The molecule has 0 saturated carbocycles. The van der Waals surface area contributed by atoms with Crippen molar-refractivity contribution >= 4 is 23.3 Å². The third-order valence-electron chi connectivity index (χ3n) is 2.01. The van der Waals surface area contributed by atoms with Crippen molar-refractivity contribution in [3.63, 3.8) is 0 Å². The molecule has 1 aliphatic carbocycles. The Morgan fingerprint density at radius 1 is 1.29 bits per heavy atom. The number of hydrogen-bond acceptors (Lipinski definition) is 6. The maximum atomic E-state index is 11.5. The lowest BCUT2D eigenvalue weighted by Gasteiger charge is -2.00. The van der Waals surface area contributed by atoms with Crippen LogP contribution in [0, 0.1) is 0 Å². The van der Waals surface area contributed by atoms with E-state index in [1.807, 2.05) is 0 Å². The third-order valence-corrected chi connectivity index (χ3v) is 2.01. The van der Waals surface area contributed by atoms with E-state index in [1.54, 1.807) is 6.07 Å². The second-order valence-corrected chi connectivity index (χ2v) is 2.83. The van der Waals surface area contributed by atoms with Gasteiger partial charge in [0.25, 0.3) is 0 Å². The zero-order chi connectivity index (χ0) is 9.54. The first kappa shape index (κ1) is 7.19. The van der Waals surface area contributed by atoms with Crippen LogP contribution < -0.4 is 10.6 Å². The minimum atomic E-state index is -0.189. The third kappa shape index (κ3) is 0.792. The Bertz CT molecular complexity index is 613. The fourth-order valence-electron chi connectivity index (χ4n) is 1.38. The van der Waals surface area contributed by atoms with Crippen molar-refractivity contribution in [2.45, 2.75) is 0 Å². The molecule has 0 N–H and O–H groups in total. The van der Waals surface area contributed by atoms with Crippen LogP contribution >= 0.6 is 0 Å². The van der Waals surface area contributed by atoms with Crippen molar-refractivity contribution in [1.82, 2.24) is 10.2 Å². The van der Waals surface area contributed by atoms with Gasteiger partial charge in [-0.05, 0) is 17.4 Å². The number of ketones is 1. The van der Waals surface area contributed by atoms with E-state index in [9.17, 15) is 4.79 Å². The van der Waals surface area contributed by atoms with Gasteiger partial charge in [0.1, 0.15) is 11.0 Å². The molecule has 66 valence electrons. The molecule has 0 spiro atoms. The normalized spacial score (nSPS) is 17.3. The fraction of sp³-hybridized carbons (Fsp3) is 0. The number of Topliss-reactive ketones (excluding diaryl/α,β-unsaturated/α-hetero) is 1. The Labute approximate surface area is 77.4 Å². The van der Waals surface area contributed by atoms with E-state index in [4.69, 9.17) is 0 Å². The summed E-state index contributed by atoms with van der Waals surface area (Å²) in [6, 6.07) is 1.71. The van der Waals surface area contributed by atoms with Crippen molar-refractivity contribution in [1.29, 1.82) is 0 Å². The summed E-state index contributed by atoms with van der Waals surface area (Å²) in [5, 5.41) is 19.7. The van der Waals surface area contributed by atoms with Crippen molar-refractivity contribution < 1.29 is 4.79 Å². The molecule has 2 aliphatic rings. The fourth-order valence-corrected chi connectivity index (χ4v) is 1.38. The number of carbonyl (C=O) groups excluding carboxylic acids is 1. The summed E-state index contributed by atoms with van der Waals surface area (Å²) in [6.07, 6.45) is 2.99. The van der Waals surface area contributed by atoms with Crippen LogP contribution in [0.4, 0.5) is 0 Å². The molecule has 0 amide bonds. The highest BCUT2D eigenvalue weighted by molar-refractivity contribution is 6.62. The lowest BCUT2D eigenvalue weighted by Crippen LogP contribution is -2.38. The van der Waals surface area contributed by atoms with Gasteiger partial charge in [0, 0.05) is 5.22 Å². The summed E-state index contributed by atoms with van der Waals surface area (Å²) in [6.45, 7) is 0. The molecule has 0 fully saturated rings. The molecule has 14 heavy (non-hydrogen) atoms. The topological polar surface area (TPSA) is 79.9 Å². The van der Waals surface area contributed by atoms with Crippen LogP contribution in [-0.4, -0.2) is 21.7 Å². The van der Waals surface area contributed by atoms with Gasteiger partial charge in [0.05, 0.1) is 6.20 Å². The Hall–Kier alpha value is -2.24. The number of hydrogen-bond donors (Lipinski definition) is 0. The predicted octanol–water partition coefficient (Wildman–Crippen LogP) is -1.23. The highest BCUT2D eigenvalue weighted by atomic mass is 16.1. The van der Waals surface area contributed by atoms with E-state index in [0.717, 1.165) is 0 Å². The van der Waals surface area contributed by atoms with Crippen LogP contribution in [0.3, 0.4) is 0 Å². The molecule has 0 saturated heterocycles. The second kappa shape index (κ2) is 2.38. The van der Waals surface area contributed by atoms with Gasteiger partial charge in [0.15, 0.2) is 5.71 Å². The maximum Gasteiger partial charge on any atom is 0.209 e. The molecule has 3 rings (SSSR count). The molecule has 0 radical (unpaired) electrons. The molecule has 0 atom stereocenters. The Morgan fingerprint density at radius 3 is 3.14 bits per heavy atom. The summed E-state index contributed by atoms with van der Waals surface area (Å²) >= 11 is 0. The molecule has 1 aromatic heterocycles. The standard InChI is InChI=1S/C8H3N5O/c14-5-3-4-1-2-9-10-6(4)8-7(5)11-13-12-8/h1-3H. The largest absolute Gasteiger partial charge is 0.287 e. The van der Waals surface area contributed by atoms with Gasteiger partial charge in [-0.2, -0.15) is 5.10 Å². The van der Waals surface area contributed by atoms with Gasteiger partial charge in [0.2, 0.25) is 5.78 Å². The average Bonchev–Trinajstić information content (AvgIpc) is 2.67. The zero-order valence-corrected chi connectivity index (χ0v) is 6.88. The summed E-state index contributed by atoms with van der Waals surface area (Å²) < 4.78 is 0. The van der Waals surface area contributed by atoms with Gasteiger partial charge in [-0.15, -0.1) is 15.3 Å². The first-order chi connectivity index (χ1) is 6.86. The Kier molecular flexibility index (Phi) is 1.22. The van der Waals surface area contributed by atoms with Crippen LogP contribution in [0.15, 0.2) is 27.7 Å². The molecule has 0 bridgehead atoms. The van der Waals surface area contributed by atoms with Crippen LogP contribution in [0.25, 0.3) is 11.8 Å². The van der Waals surface area contributed by atoms with Crippen LogP contribution in [0.2, 0.25) is 0 Å². The van der Waals surface area contributed by atoms with Gasteiger partial charge >= 0.3 is 0 Å². The quantitative estimate of drug-likeness (QED) is 0.507. The van der Waals surface area contributed by atoms with E-state index in [-0.39, 0.29) is 11.5 Å². The van der Waals surface area contributed by atoms with Crippen LogP contribution in [0.1, 0.15) is 0 Å². The summed E-state index contributed by atoms with van der Waals surface area (Å²) in [4.78, 5) is 11.5. The van der Waals surface area contributed by atoms with Gasteiger partial charge in [-0.25, -0.2) is 0 Å². The summed E-state index contributed by atoms with van der Waals surface area (Å²) in [5.74, 6) is -0.189. The molecule has 2 heterocycles. The molecular formula is C8H3N5O. The second-order valence-electron chi connectivity index (χ2n) is 2.83. The molecular weight excluding hydrogens is 182 g/mol. The van der Waals surface area contributed by atoms with Crippen molar-refractivity contribution in [3.05, 3.63) is 22.8 Å². The first-order valence-electron chi connectivity index (χ1n) is 3.93. The van der Waals surface area contributed by atoms with Gasteiger partial charge < -0.3 is 0 Å². The molecule has 6 nitrogen and oxygen atoms in total. The van der Waals surface area contributed by atoms with Crippen molar-refractivity contribution in [2.24, 2.45) is 15.4 Å². The smallest absolute Gasteiger partial charge is 0.209 e. The Balaban J connectivity index is 2.57. The van der Waals surface area contributed by atoms with E-state index in [2.05, 4.69) is 25.6 Å². The van der Waals surface area contributed by atoms with Crippen LogP contribution in [0.5, 0.6) is 0 Å². The predicted molar refractivity (Wildman–Crippen MR) is 46.5 cm³/mol. The molecule has 1 aliphatic heterocycles. The van der Waals surface area contributed by atoms with E-state index < -0.39 is 0 Å². The average molecular weight is 185 g/mol. The molecule has 0 unspecified atom stereocenters. The Morgan fingerprint density at radius 2 is 2.21 bits per heavy atom. The number of fused-ring (bicyclic) bond motifs is 2. The minimum absolute atomic E-state index is 0.189. The van der Waals surface area contributed by atoms with E-state index in [0.29, 0.717) is 16.3 Å². The molecule has 1 aromatic rings. The minimum Gasteiger partial charge on any atom is -0.287 e. The van der Waals surface area contributed by atoms with Crippen molar-refractivity contribution in [2.75, 3.05) is 0 Å². The zero-order valence-electron chi connectivity index (χ0n) is 6.88. The highest BCUT2D eigenvalue weighted by Gasteiger charge is 2.24. The SMILES string of the molecule is O=C1C=c2ccnnc2=C2N=NN=C12. The number of aromatic nitrogens is 2. The number of nitrogens with zero attached hydrogens (tertiary/aromatic N) is 5. The summed E-state index contributed by atoms with van der Waals surface area (Å²) in [7, 11) is 0. The maximum absolute atomic E-state index is 11.5. The van der Waals surface area contributed by atoms with Crippen LogP contribution in [-0.2, 0) is 4.79 Å². The molecule has 0 aromatic carbocycles. The van der Waals surface area contributed by atoms with Gasteiger partial charge in [-0.1, -0.05) is 0 Å². The number of rotatable bonds is 0. The lowest BCUT2D eigenvalue weighted by molar-refractivity contribution is -0.107. The lowest BCUT2D eigenvalue weighted by atomic mass is 10.1. The van der Waals surface area contributed by atoms with Crippen molar-refractivity contribution in [3.8, 4) is 0 Å².